The van der Waals surface area contributed by atoms with Gasteiger partial charge in [0.2, 0.25) is 0 Å². The fourth-order valence-electron chi connectivity index (χ4n) is 2.69. The summed E-state index contributed by atoms with van der Waals surface area (Å²) in [5.41, 5.74) is 0.344. The Morgan fingerprint density at radius 1 is 1.16 bits per heavy atom. The summed E-state index contributed by atoms with van der Waals surface area (Å²) < 4.78 is 42.7. The normalized spacial score (nSPS) is 18.1. The minimum atomic E-state index is -3.38. The Morgan fingerprint density at radius 3 is 2.40 bits per heavy atom. The lowest BCUT2D eigenvalue weighted by Crippen LogP contribution is -2.41. The summed E-state index contributed by atoms with van der Waals surface area (Å²) >= 11 is 0. The van der Waals surface area contributed by atoms with Crippen LogP contribution in [0.4, 0.5) is 10.1 Å². The largest absolute Gasteiger partial charge is 0.497 e. The van der Waals surface area contributed by atoms with Crippen LogP contribution in [0.15, 0.2) is 60.0 Å². The number of amides is 1. The van der Waals surface area contributed by atoms with Crippen LogP contribution in [0.3, 0.4) is 0 Å². The van der Waals surface area contributed by atoms with Crippen LogP contribution in [0.5, 0.6) is 5.75 Å². The second kappa shape index (κ2) is 6.68. The smallest absolute Gasteiger partial charge is 0.261 e. The van der Waals surface area contributed by atoms with Gasteiger partial charge in [-0.1, -0.05) is 12.1 Å². The SMILES string of the molecule is COc1ccc(N(C(=O)c2ccccc2F)[C@@H]2C=CS(=O)(=O)C2)cc1. The second-order valence-electron chi connectivity index (χ2n) is 5.58. The number of anilines is 1. The molecule has 0 spiro atoms. The Hall–Kier alpha value is -2.67. The topological polar surface area (TPSA) is 63.7 Å². The van der Waals surface area contributed by atoms with E-state index in [1.54, 1.807) is 30.3 Å². The highest BCUT2D eigenvalue weighted by Gasteiger charge is 2.32. The van der Waals surface area contributed by atoms with Gasteiger partial charge in [-0.2, -0.15) is 0 Å². The van der Waals surface area contributed by atoms with Crippen LogP contribution in [0, 0.1) is 5.82 Å². The van der Waals surface area contributed by atoms with Crippen LogP contribution < -0.4 is 9.64 Å². The Bertz CT molecular complexity index is 922. The molecule has 1 aliphatic heterocycles. The minimum absolute atomic E-state index is 0.115. The maximum Gasteiger partial charge on any atom is 0.261 e. The van der Waals surface area contributed by atoms with Gasteiger partial charge >= 0.3 is 0 Å². The van der Waals surface area contributed by atoms with E-state index < -0.39 is 27.6 Å². The first-order chi connectivity index (χ1) is 11.9. The summed E-state index contributed by atoms with van der Waals surface area (Å²) in [4.78, 5) is 14.2. The monoisotopic (exact) mass is 361 g/mol. The molecule has 5 nitrogen and oxygen atoms in total. The van der Waals surface area contributed by atoms with E-state index in [1.807, 2.05) is 0 Å². The molecule has 0 aromatic heterocycles. The van der Waals surface area contributed by atoms with Crippen molar-refractivity contribution in [1.29, 1.82) is 0 Å². The van der Waals surface area contributed by atoms with Gasteiger partial charge < -0.3 is 9.64 Å². The Balaban J connectivity index is 2.04. The van der Waals surface area contributed by atoms with Crippen molar-refractivity contribution in [2.24, 2.45) is 0 Å². The van der Waals surface area contributed by atoms with Crippen molar-refractivity contribution in [2.75, 3.05) is 17.8 Å². The third kappa shape index (κ3) is 3.56. The van der Waals surface area contributed by atoms with E-state index in [0.717, 1.165) is 5.41 Å². The van der Waals surface area contributed by atoms with Crippen molar-refractivity contribution in [2.45, 2.75) is 6.04 Å². The third-order valence-electron chi connectivity index (χ3n) is 3.92. The van der Waals surface area contributed by atoms with Crippen LogP contribution in [-0.2, 0) is 9.84 Å². The number of rotatable bonds is 4. The number of sulfone groups is 1. The molecule has 0 fully saturated rings. The molecule has 130 valence electrons. The summed E-state index contributed by atoms with van der Waals surface area (Å²) in [5.74, 6) is -0.901. The molecular weight excluding hydrogens is 345 g/mol. The number of benzene rings is 2. The van der Waals surface area contributed by atoms with Crippen LogP contribution >= 0.6 is 0 Å². The van der Waals surface area contributed by atoms with Crippen LogP contribution in [0.25, 0.3) is 0 Å². The van der Waals surface area contributed by atoms with Gasteiger partial charge in [-0.05, 0) is 42.5 Å². The number of methoxy groups -OCH3 is 1. The number of halogens is 1. The first-order valence-electron chi connectivity index (χ1n) is 7.54. The van der Waals surface area contributed by atoms with Gasteiger partial charge in [0, 0.05) is 11.1 Å². The number of ether oxygens (including phenoxy) is 1. The van der Waals surface area contributed by atoms with Crippen molar-refractivity contribution in [3.63, 3.8) is 0 Å². The second-order valence-corrected chi connectivity index (χ2v) is 7.51. The van der Waals surface area contributed by atoms with Gasteiger partial charge in [-0.15, -0.1) is 0 Å². The van der Waals surface area contributed by atoms with Crippen molar-refractivity contribution < 1.29 is 22.3 Å². The molecule has 0 saturated carbocycles. The molecule has 0 N–H and O–H groups in total. The van der Waals surface area contributed by atoms with Crippen LogP contribution in [0.2, 0.25) is 0 Å². The van der Waals surface area contributed by atoms with Crippen LogP contribution in [0.1, 0.15) is 10.4 Å². The average molecular weight is 361 g/mol. The Labute approximate surface area is 145 Å². The summed E-state index contributed by atoms with van der Waals surface area (Å²) in [5, 5.41) is 1.09. The fraction of sp³-hybridized carbons (Fsp3) is 0.167. The lowest BCUT2D eigenvalue weighted by atomic mass is 10.1. The minimum Gasteiger partial charge on any atom is -0.497 e. The van der Waals surface area contributed by atoms with Crippen molar-refractivity contribution in [3.05, 3.63) is 71.4 Å². The molecule has 0 saturated heterocycles. The number of nitrogens with zero attached hydrogens (tertiary/aromatic N) is 1. The van der Waals surface area contributed by atoms with Gasteiger partial charge in [0.05, 0.1) is 24.5 Å². The Morgan fingerprint density at radius 2 is 1.84 bits per heavy atom. The molecular formula is C18H16FNO4S. The molecule has 0 bridgehead atoms. The van der Waals surface area contributed by atoms with Gasteiger partial charge in [0.15, 0.2) is 9.84 Å². The molecule has 1 amide bonds. The zero-order valence-electron chi connectivity index (χ0n) is 13.4. The molecule has 2 aromatic carbocycles. The number of carbonyl (C=O) groups excluding carboxylic acids is 1. The average Bonchev–Trinajstić information content (AvgIpc) is 2.95. The van der Waals surface area contributed by atoms with Crippen molar-refractivity contribution >= 4 is 21.4 Å². The fourth-order valence-corrected chi connectivity index (χ4v) is 3.95. The number of hydrogen-bond donors (Lipinski definition) is 0. The molecule has 3 rings (SSSR count). The van der Waals surface area contributed by atoms with Crippen molar-refractivity contribution in [3.8, 4) is 5.75 Å². The van der Waals surface area contributed by atoms with Gasteiger partial charge in [-0.25, -0.2) is 12.8 Å². The van der Waals surface area contributed by atoms with E-state index in [4.69, 9.17) is 4.74 Å². The standard InChI is InChI=1S/C18H16FNO4S/c1-24-15-8-6-13(7-9-15)20(14-10-11-25(22,23)12-14)18(21)16-4-2-3-5-17(16)19/h2-11,14H,12H2,1H3/t14-/m1/s1. The molecule has 1 atom stereocenters. The molecule has 1 heterocycles. The number of carbonyl (C=O) groups is 1. The predicted molar refractivity (Wildman–Crippen MR) is 92.9 cm³/mol. The molecule has 25 heavy (non-hydrogen) atoms. The van der Waals surface area contributed by atoms with Gasteiger partial charge in [0.25, 0.3) is 5.91 Å². The lowest BCUT2D eigenvalue weighted by Gasteiger charge is -2.28. The van der Waals surface area contributed by atoms with Gasteiger partial charge in [-0.3, -0.25) is 4.79 Å². The maximum atomic E-state index is 14.1. The molecule has 0 radical (unpaired) electrons. The lowest BCUT2D eigenvalue weighted by molar-refractivity contribution is 0.0979. The van der Waals surface area contributed by atoms with Crippen molar-refractivity contribution in [1.82, 2.24) is 0 Å². The predicted octanol–water partition coefficient (Wildman–Crippen LogP) is 2.79. The first kappa shape index (κ1) is 17.2. The third-order valence-corrected chi connectivity index (χ3v) is 5.29. The molecule has 7 heteroatoms. The maximum absolute atomic E-state index is 14.1. The molecule has 1 aliphatic rings. The van der Waals surface area contributed by atoms with E-state index in [9.17, 15) is 17.6 Å². The zero-order valence-corrected chi connectivity index (χ0v) is 14.2. The molecule has 0 unspecified atom stereocenters. The highest BCUT2D eigenvalue weighted by atomic mass is 32.2. The van der Waals surface area contributed by atoms with Crippen LogP contribution in [-0.4, -0.2) is 33.2 Å². The van der Waals surface area contributed by atoms with E-state index in [-0.39, 0.29) is 11.3 Å². The van der Waals surface area contributed by atoms with E-state index in [0.29, 0.717) is 11.4 Å². The quantitative estimate of drug-likeness (QED) is 0.840. The Kier molecular flexibility index (Phi) is 4.59. The zero-order chi connectivity index (χ0) is 18.0. The summed E-state index contributed by atoms with van der Waals surface area (Å²) in [6.45, 7) is 0. The first-order valence-corrected chi connectivity index (χ1v) is 9.26. The van der Waals surface area contributed by atoms with E-state index in [2.05, 4.69) is 0 Å². The summed E-state index contributed by atoms with van der Waals surface area (Å²) in [6.07, 6.45) is 1.44. The molecule has 2 aromatic rings. The summed E-state index contributed by atoms with van der Waals surface area (Å²) in [7, 11) is -1.86. The van der Waals surface area contributed by atoms with E-state index in [1.165, 1.54) is 36.3 Å². The van der Waals surface area contributed by atoms with E-state index >= 15 is 0 Å². The highest BCUT2D eigenvalue weighted by molar-refractivity contribution is 7.94. The molecule has 0 aliphatic carbocycles. The summed E-state index contributed by atoms with van der Waals surface area (Å²) in [6, 6.07) is 11.5. The van der Waals surface area contributed by atoms with Gasteiger partial charge in [0.1, 0.15) is 11.6 Å². The highest BCUT2D eigenvalue weighted by Crippen LogP contribution is 2.27. The number of hydrogen-bond acceptors (Lipinski definition) is 4.